The van der Waals surface area contributed by atoms with Gasteiger partial charge in [-0.15, -0.1) is 0 Å². The highest BCUT2D eigenvalue weighted by Crippen LogP contribution is 2.32. The summed E-state index contributed by atoms with van der Waals surface area (Å²) in [6, 6.07) is 15.5. The van der Waals surface area contributed by atoms with E-state index in [1.165, 1.54) is 24.3 Å². The molecule has 0 bridgehead atoms. The molecule has 0 aliphatic heterocycles. The maximum absolute atomic E-state index is 12.7. The number of halogens is 1. The molecule has 11 heteroatoms. The maximum Gasteiger partial charge on any atom is 0.417 e. The van der Waals surface area contributed by atoms with Crippen LogP contribution < -0.4 is 31.4 Å². The average molecular weight is 605 g/mol. The first-order valence-electron chi connectivity index (χ1n) is 11.9. The Hall–Kier alpha value is -4.90. The smallest absolute Gasteiger partial charge is 0.417 e. The fourth-order valence-corrected chi connectivity index (χ4v) is 4.71. The molecule has 3 aromatic carbocycles. The van der Waals surface area contributed by atoms with Crippen molar-refractivity contribution in [3.8, 4) is 11.5 Å². The van der Waals surface area contributed by atoms with Crippen LogP contribution in [0.3, 0.4) is 0 Å². The van der Waals surface area contributed by atoms with Crippen molar-refractivity contribution in [1.82, 2.24) is 0 Å². The molecule has 2 aromatic heterocycles. The average Bonchev–Trinajstić information content (AvgIpc) is 2.87. The van der Waals surface area contributed by atoms with Crippen molar-refractivity contribution in [3.05, 3.63) is 103 Å². The fraction of sp³-hybridized carbons (Fsp3) is 0.103. The topological polar surface area (TPSA) is 137 Å². The number of aryl methyl sites for hydroxylation is 2. The van der Waals surface area contributed by atoms with E-state index >= 15 is 0 Å². The van der Waals surface area contributed by atoms with Gasteiger partial charge in [-0.05, 0) is 89.8 Å². The Morgan fingerprint density at radius 3 is 1.73 bits per heavy atom. The standard InChI is InChI=1S/C29H21BrN2O8/c1-14-10-25(33)39-23-12-17(4-6-19(14)23)37-28(35)31-22-9-8-21(30)27(16(22)3)32-29(36)38-18-5-7-20-15(2)11-26(34)40-24(20)13-18/h4-13H,1-3H3,(H,31,35)(H,32,36). The highest BCUT2D eigenvalue weighted by Gasteiger charge is 2.16. The molecule has 2 amide bonds. The molecule has 40 heavy (non-hydrogen) atoms. The van der Waals surface area contributed by atoms with Crippen molar-refractivity contribution < 1.29 is 27.9 Å². The van der Waals surface area contributed by atoms with Crippen LogP contribution in [0.4, 0.5) is 21.0 Å². The van der Waals surface area contributed by atoms with E-state index in [0.29, 0.717) is 32.6 Å². The summed E-state index contributed by atoms with van der Waals surface area (Å²) in [5, 5.41) is 6.75. The summed E-state index contributed by atoms with van der Waals surface area (Å²) in [7, 11) is 0. The first kappa shape index (κ1) is 26.7. The molecule has 0 aliphatic carbocycles. The number of hydrogen-bond donors (Lipinski definition) is 2. The molecule has 0 unspecified atom stereocenters. The minimum Gasteiger partial charge on any atom is -0.423 e. The maximum atomic E-state index is 12.7. The second kappa shape index (κ2) is 10.7. The Labute approximate surface area is 234 Å². The number of nitrogens with one attached hydrogen (secondary N) is 2. The molecular weight excluding hydrogens is 584 g/mol. The van der Waals surface area contributed by atoms with Crippen LogP contribution in [0, 0.1) is 20.8 Å². The molecule has 2 N–H and O–H groups in total. The zero-order valence-corrected chi connectivity index (χ0v) is 23.0. The lowest BCUT2D eigenvalue weighted by Gasteiger charge is -2.15. The SMILES string of the molecule is Cc1c(NC(=O)Oc2ccc3c(C)cc(=O)oc3c2)ccc(Br)c1NC(=O)Oc1ccc2c(C)cc(=O)oc2c1. The van der Waals surface area contributed by atoms with Crippen molar-refractivity contribution in [2.24, 2.45) is 0 Å². The molecule has 0 aliphatic rings. The quantitative estimate of drug-likeness (QED) is 0.213. The summed E-state index contributed by atoms with van der Waals surface area (Å²) in [5.74, 6) is 0.351. The van der Waals surface area contributed by atoms with E-state index < -0.39 is 23.4 Å². The number of anilines is 2. The van der Waals surface area contributed by atoms with Crippen molar-refractivity contribution in [3.63, 3.8) is 0 Å². The first-order chi connectivity index (χ1) is 19.1. The summed E-state index contributed by atoms with van der Waals surface area (Å²) in [6.45, 7) is 5.26. The lowest BCUT2D eigenvalue weighted by atomic mass is 10.1. The van der Waals surface area contributed by atoms with E-state index in [0.717, 1.165) is 21.9 Å². The normalized spacial score (nSPS) is 10.9. The number of amides is 2. The van der Waals surface area contributed by atoms with E-state index in [1.54, 1.807) is 57.2 Å². The zero-order valence-electron chi connectivity index (χ0n) is 21.4. The Balaban J connectivity index is 1.30. The second-order valence-electron chi connectivity index (χ2n) is 8.94. The number of fused-ring (bicyclic) bond motifs is 2. The number of ether oxygens (including phenoxy) is 2. The second-order valence-corrected chi connectivity index (χ2v) is 9.79. The van der Waals surface area contributed by atoms with E-state index in [9.17, 15) is 19.2 Å². The van der Waals surface area contributed by atoms with Gasteiger partial charge in [0.2, 0.25) is 0 Å². The van der Waals surface area contributed by atoms with Gasteiger partial charge in [-0.1, -0.05) is 0 Å². The summed E-state index contributed by atoms with van der Waals surface area (Å²) in [5.41, 5.74) is 2.31. The first-order valence-corrected chi connectivity index (χ1v) is 12.7. The fourth-order valence-electron chi connectivity index (χ4n) is 4.18. The lowest BCUT2D eigenvalue weighted by Crippen LogP contribution is -2.20. The Kier molecular flexibility index (Phi) is 7.14. The predicted octanol–water partition coefficient (Wildman–Crippen LogP) is 6.81. The summed E-state index contributed by atoms with van der Waals surface area (Å²) in [6.07, 6.45) is -1.59. The predicted molar refractivity (Wildman–Crippen MR) is 153 cm³/mol. The van der Waals surface area contributed by atoms with Crippen LogP contribution in [0.15, 0.2) is 83.6 Å². The van der Waals surface area contributed by atoms with Gasteiger partial charge >= 0.3 is 23.4 Å². The number of carbonyl (C=O) groups is 2. The van der Waals surface area contributed by atoms with Crippen molar-refractivity contribution in [1.29, 1.82) is 0 Å². The third-order valence-corrected chi connectivity index (χ3v) is 6.81. The van der Waals surface area contributed by atoms with Gasteiger partial charge < -0.3 is 18.3 Å². The van der Waals surface area contributed by atoms with Gasteiger partial charge in [-0.3, -0.25) is 10.6 Å². The Bertz CT molecular complexity index is 1940. The van der Waals surface area contributed by atoms with E-state index in [2.05, 4.69) is 26.6 Å². The van der Waals surface area contributed by atoms with Crippen LogP contribution in [0.1, 0.15) is 16.7 Å². The largest absolute Gasteiger partial charge is 0.423 e. The van der Waals surface area contributed by atoms with Crippen LogP contribution in [-0.4, -0.2) is 12.2 Å². The van der Waals surface area contributed by atoms with Crippen molar-refractivity contribution in [2.75, 3.05) is 10.6 Å². The van der Waals surface area contributed by atoms with Crippen molar-refractivity contribution in [2.45, 2.75) is 20.8 Å². The summed E-state index contributed by atoms with van der Waals surface area (Å²) in [4.78, 5) is 48.7. The van der Waals surface area contributed by atoms with Gasteiger partial charge in [0.1, 0.15) is 22.7 Å². The minimum absolute atomic E-state index is 0.173. The summed E-state index contributed by atoms with van der Waals surface area (Å²) >= 11 is 3.40. The zero-order chi connectivity index (χ0) is 28.6. The number of hydrogen-bond acceptors (Lipinski definition) is 8. The van der Waals surface area contributed by atoms with Gasteiger partial charge in [0.25, 0.3) is 0 Å². The molecule has 10 nitrogen and oxygen atoms in total. The molecule has 0 spiro atoms. The number of rotatable bonds is 4. The molecule has 202 valence electrons. The Morgan fingerprint density at radius 2 is 1.20 bits per heavy atom. The van der Waals surface area contributed by atoms with Gasteiger partial charge in [-0.25, -0.2) is 19.2 Å². The van der Waals surface area contributed by atoms with Crippen LogP contribution in [-0.2, 0) is 0 Å². The van der Waals surface area contributed by atoms with Crippen LogP contribution in [0.2, 0.25) is 0 Å². The molecular formula is C29H21BrN2O8. The summed E-state index contributed by atoms with van der Waals surface area (Å²) < 4.78 is 21.7. The molecule has 5 rings (SSSR count). The van der Waals surface area contributed by atoms with E-state index in [1.807, 2.05) is 0 Å². The lowest BCUT2D eigenvalue weighted by molar-refractivity contribution is 0.214. The van der Waals surface area contributed by atoms with Crippen LogP contribution >= 0.6 is 15.9 Å². The van der Waals surface area contributed by atoms with E-state index in [4.69, 9.17) is 18.3 Å². The van der Waals surface area contributed by atoms with Gasteiger partial charge in [0.05, 0.1) is 5.69 Å². The van der Waals surface area contributed by atoms with Crippen molar-refractivity contribution >= 4 is 61.4 Å². The molecule has 2 heterocycles. The Morgan fingerprint density at radius 1 is 0.700 bits per heavy atom. The molecule has 5 aromatic rings. The molecule has 0 radical (unpaired) electrons. The van der Waals surface area contributed by atoms with E-state index in [-0.39, 0.29) is 11.5 Å². The molecule has 0 saturated heterocycles. The minimum atomic E-state index is -0.800. The highest BCUT2D eigenvalue weighted by atomic mass is 79.9. The highest BCUT2D eigenvalue weighted by molar-refractivity contribution is 9.10. The van der Waals surface area contributed by atoms with Crippen LogP contribution in [0.5, 0.6) is 11.5 Å². The number of carbonyl (C=O) groups excluding carboxylic acids is 2. The third-order valence-electron chi connectivity index (χ3n) is 6.14. The monoisotopic (exact) mass is 604 g/mol. The number of benzene rings is 3. The molecule has 0 atom stereocenters. The van der Waals surface area contributed by atoms with Gasteiger partial charge in [0, 0.05) is 45.2 Å². The van der Waals surface area contributed by atoms with Gasteiger partial charge in [-0.2, -0.15) is 0 Å². The third kappa shape index (κ3) is 5.59. The molecule has 0 fully saturated rings. The van der Waals surface area contributed by atoms with Crippen LogP contribution in [0.25, 0.3) is 21.9 Å². The molecule has 0 saturated carbocycles. The van der Waals surface area contributed by atoms with Gasteiger partial charge in [0.15, 0.2) is 0 Å².